The number of anilines is 2. The molecule has 1 atom stereocenters. The standard InChI is InChI=1S/C25H25F2N5O3S/c26-15-12-10-14(11-13-15)21(24(34)30-16-6-2-1-3-7-16)32(18-9-5-4-8-17(18)27)25(35)22-19(28)20(23(29)33)31-36-22/h4-5,8-13,16,21H,1-3,6-7,28H2,(H2,29,33)(H,30,34)/t21-/m0/s1. The Kier molecular flexibility index (Phi) is 7.58. The van der Waals surface area contributed by atoms with Gasteiger partial charge < -0.3 is 16.8 Å². The molecule has 1 saturated carbocycles. The quantitative estimate of drug-likeness (QED) is 0.440. The van der Waals surface area contributed by atoms with Crippen molar-refractivity contribution in [3.8, 4) is 0 Å². The minimum atomic E-state index is -1.37. The first-order chi connectivity index (χ1) is 17.3. The Bertz CT molecular complexity index is 1270. The van der Waals surface area contributed by atoms with Crippen molar-refractivity contribution in [3.05, 3.63) is 76.3 Å². The Morgan fingerprint density at radius 2 is 1.69 bits per heavy atom. The van der Waals surface area contributed by atoms with E-state index in [4.69, 9.17) is 11.5 Å². The molecule has 3 amide bonds. The van der Waals surface area contributed by atoms with Gasteiger partial charge in [0.1, 0.15) is 22.6 Å². The number of aromatic nitrogens is 1. The smallest absolute Gasteiger partial charge is 0.273 e. The predicted molar refractivity (Wildman–Crippen MR) is 132 cm³/mol. The summed E-state index contributed by atoms with van der Waals surface area (Å²) in [4.78, 5) is 40.1. The number of rotatable bonds is 7. The molecular formula is C25H25F2N5O3S. The van der Waals surface area contributed by atoms with E-state index in [1.807, 2.05) is 0 Å². The molecule has 0 unspecified atom stereocenters. The second-order valence-corrected chi connectivity index (χ2v) is 9.34. The van der Waals surface area contributed by atoms with Gasteiger partial charge in [-0.1, -0.05) is 43.5 Å². The summed E-state index contributed by atoms with van der Waals surface area (Å²) in [5.41, 5.74) is 10.8. The predicted octanol–water partition coefficient (Wildman–Crippen LogP) is 3.94. The number of carbonyl (C=O) groups excluding carboxylic acids is 3. The van der Waals surface area contributed by atoms with Crippen molar-refractivity contribution in [2.45, 2.75) is 44.2 Å². The van der Waals surface area contributed by atoms with Crippen LogP contribution in [0.3, 0.4) is 0 Å². The van der Waals surface area contributed by atoms with Gasteiger partial charge in [0.15, 0.2) is 5.69 Å². The van der Waals surface area contributed by atoms with E-state index in [0.717, 1.165) is 55.2 Å². The topological polar surface area (TPSA) is 131 Å². The molecule has 0 saturated heterocycles. The monoisotopic (exact) mass is 513 g/mol. The number of carbonyl (C=O) groups is 3. The van der Waals surface area contributed by atoms with Crippen LogP contribution in [0.25, 0.3) is 0 Å². The highest BCUT2D eigenvalue weighted by atomic mass is 32.1. The van der Waals surface area contributed by atoms with Crippen LogP contribution in [0.15, 0.2) is 48.5 Å². The van der Waals surface area contributed by atoms with Crippen LogP contribution in [0, 0.1) is 11.6 Å². The van der Waals surface area contributed by atoms with Crippen molar-refractivity contribution in [2.24, 2.45) is 5.73 Å². The van der Waals surface area contributed by atoms with E-state index in [1.54, 1.807) is 0 Å². The number of amides is 3. The number of primary amides is 1. The second kappa shape index (κ2) is 10.8. The van der Waals surface area contributed by atoms with Gasteiger partial charge in [-0.15, -0.1) is 0 Å². The number of nitrogen functional groups attached to an aromatic ring is 1. The minimum absolute atomic E-state index is 0.110. The van der Waals surface area contributed by atoms with Crippen LogP contribution in [0.1, 0.15) is 63.9 Å². The van der Waals surface area contributed by atoms with Gasteiger partial charge in [0.2, 0.25) is 5.91 Å². The van der Waals surface area contributed by atoms with Gasteiger partial charge in [-0.2, -0.15) is 4.37 Å². The van der Waals surface area contributed by atoms with E-state index in [1.165, 1.54) is 30.3 Å². The first kappa shape index (κ1) is 25.2. The zero-order valence-corrected chi connectivity index (χ0v) is 20.1. The van der Waals surface area contributed by atoms with Crippen LogP contribution in [0.2, 0.25) is 0 Å². The fourth-order valence-electron chi connectivity index (χ4n) is 4.34. The average Bonchev–Trinajstić information content (AvgIpc) is 3.25. The molecule has 2 aromatic carbocycles. The normalized spacial score (nSPS) is 14.7. The van der Waals surface area contributed by atoms with E-state index >= 15 is 4.39 Å². The van der Waals surface area contributed by atoms with Crippen LogP contribution in [0.4, 0.5) is 20.2 Å². The Morgan fingerprint density at radius 1 is 1.03 bits per heavy atom. The number of halogens is 2. The Labute approximate surface area is 210 Å². The number of hydrogen-bond acceptors (Lipinski definition) is 6. The maximum atomic E-state index is 15.1. The molecule has 1 heterocycles. The zero-order valence-electron chi connectivity index (χ0n) is 19.2. The first-order valence-electron chi connectivity index (χ1n) is 11.5. The molecule has 0 spiro atoms. The van der Waals surface area contributed by atoms with Gasteiger partial charge in [-0.3, -0.25) is 19.3 Å². The average molecular weight is 514 g/mol. The summed E-state index contributed by atoms with van der Waals surface area (Å²) in [6.45, 7) is 0. The Hall–Kier alpha value is -3.86. The van der Waals surface area contributed by atoms with E-state index < -0.39 is 35.4 Å². The molecule has 36 heavy (non-hydrogen) atoms. The Morgan fingerprint density at radius 3 is 2.31 bits per heavy atom. The molecule has 3 aromatic rings. The maximum Gasteiger partial charge on any atom is 0.273 e. The van der Waals surface area contributed by atoms with E-state index in [9.17, 15) is 18.8 Å². The van der Waals surface area contributed by atoms with Crippen molar-refractivity contribution < 1.29 is 23.2 Å². The van der Waals surface area contributed by atoms with Crippen LogP contribution in [-0.2, 0) is 4.79 Å². The summed E-state index contributed by atoms with van der Waals surface area (Å²) in [7, 11) is 0. The van der Waals surface area contributed by atoms with Crippen LogP contribution >= 0.6 is 11.5 Å². The third-order valence-electron chi connectivity index (χ3n) is 6.13. The lowest BCUT2D eigenvalue weighted by Gasteiger charge is -2.33. The van der Waals surface area contributed by atoms with Gasteiger partial charge in [-0.05, 0) is 54.2 Å². The lowest BCUT2D eigenvalue weighted by molar-refractivity contribution is -0.123. The number of hydrogen-bond donors (Lipinski definition) is 3. The Balaban J connectivity index is 1.85. The molecule has 1 aromatic heterocycles. The fraction of sp³-hybridized carbons (Fsp3) is 0.280. The van der Waals surface area contributed by atoms with Crippen molar-refractivity contribution in [1.29, 1.82) is 0 Å². The van der Waals surface area contributed by atoms with E-state index in [2.05, 4.69) is 9.69 Å². The van der Waals surface area contributed by atoms with Crippen molar-refractivity contribution >= 4 is 40.6 Å². The van der Waals surface area contributed by atoms with Gasteiger partial charge in [0.05, 0.1) is 11.4 Å². The van der Waals surface area contributed by atoms with Gasteiger partial charge in [-0.25, -0.2) is 8.78 Å². The molecule has 0 aliphatic heterocycles. The molecule has 4 rings (SSSR count). The van der Waals surface area contributed by atoms with Gasteiger partial charge in [0.25, 0.3) is 11.8 Å². The van der Waals surface area contributed by atoms with Crippen molar-refractivity contribution in [1.82, 2.24) is 9.69 Å². The molecule has 188 valence electrons. The molecule has 0 radical (unpaired) electrons. The third kappa shape index (κ3) is 5.20. The number of nitrogens with one attached hydrogen (secondary N) is 1. The molecule has 0 bridgehead atoms. The van der Waals surface area contributed by atoms with E-state index in [-0.39, 0.29) is 33.6 Å². The largest absolute Gasteiger partial charge is 0.395 e. The van der Waals surface area contributed by atoms with Gasteiger partial charge in [0, 0.05) is 6.04 Å². The fourth-order valence-corrected chi connectivity index (χ4v) is 5.08. The molecule has 1 fully saturated rings. The van der Waals surface area contributed by atoms with Crippen molar-refractivity contribution in [3.63, 3.8) is 0 Å². The molecule has 11 heteroatoms. The lowest BCUT2D eigenvalue weighted by atomic mass is 9.94. The SMILES string of the molecule is NC(=O)c1nsc(C(=O)N(c2ccccc2F)[C@H](C(=O)NC2CCCCC2)c2ccc(F)cc2)c1N. The molecule has 5 N–H and O–H groups in total. The molecular weight excluding hydrogens is 488 g/mol. The summed E-state index contributed by atoms with van der Waals surface area (Å²) in [5.74, 6) is -3.63. The molecule has 8 nitrogen and oxygen atoms in total. The highest BCUT2D eigenvalue weighted by Gasteiger charge is 2.38. The number of nitrogens with zero attached hydrogens (tertiary/aromatic N) is 2. The summed E-state index contributed by atoms with van der Waals surface area (Å²) in [6.07, 6.45) is 4.53. The highest BCUT2D eigenvalue weighted by Crippen LogP contribution is 2.35. The third-order valence-corrected chi connectivity index (χ3v) is 6.98. The maximum absolute atomic E-state index is 15.1. The number of para-hydroxylation sites is 1. The zero-order chi connectivity index (χ0) is 25.8. The number of nitrogens with two attached hydrogens (primary N) is 2. The summed E-state index contributed by atoms with van der Waals surface area (Å²) >= 11 is 0.623. The summed E-state index contributed by atoms with van der Waals surface area (Å²) in [6, 6.07) is 9.05. The number of benzene rings is 2. The van der Waals surface area contributed by atoms with E-state index in [0.29, 0.717) is 11.5 Å². The highest BCUT2D eigenvalue weighted by molar-refractivity contribution is 7.09. The van der Waals surface area contributed by atoms with Crippen molar-refractivity contribution in [2.75, 3.05) is 10.6 Å². The molecule has 1 aliphatic carbocycles. The van der Waals surface area contributed by atoms with Crippen LogP contribution in [0.5, 0.6) is 0 Å². The lowest BCUT2D eigenvalue weighted by Crippen LogP contribution is -2.47. The van der Waals surface area contributed by atoms with Gasteiger partial charge >= 0.3 is 0 Å². The summed E-state index contributed by atoms with van der Waals surface area (Å²) < 4.78 is 32.7. The minimum Gasteiger partial charge on any atom is -0.395 e. The van der Waals surface area contributed by atoms with Crippen LogP contribution < -0.4 is 21.7 Å². The second-order valence-electron chi connectivity index (χ2n) is 8.56. The van der Waals surface area contributed by atoms with Crippen LogP contribution in [-0.4, -0.2) is 28.1 Å². The summed E-state index contributed by atoms with van der Waals surface area (Å²) in [5, 5.41) is 2.98. The molecule has 1 aliphatic rings. The first-order valence-corrected chi connectivity index (χ1v) is 12.2.